The van der Waals surface area contributed by atoms with Crippen molar-refractivity contribution in [2.75, 3.05) is 13.6 Å². The van der Waals surface area contributed by atoms with Crippen molar-refractivity contribution in [2.45, 2.75) is 88.2 Å². The molecule has 10 heteroatoms. The summed E-state index contributed by atoms with van der Waals surface area (Å²) in [6.07, 6.45) is 6.61. The van der Waals surface area contributed by atoms with Crippen LogP contribution < -0.4 is 10.6 Å². The maximum absolute atomic E-state index is 12.6. The normalized spacial score (nSPS) is 26.3. The quantitative estimate of drug-likeness (QED) is 0.448. The highest BCUT2D eigenvalue weighted by atomic mass is 16.5. The van der Waals surface area contributed by atoms with Gasteiger partial charge in [-0.3, -0.25) is 4.79 Å². The van der Waals surface area contributed by atoms with E-state index in [0.29, 0.717) is 25.3 Å². The lowest BCUT2D eigenvalue weighted by atomic mass is 9.87. The van der Waals surface area contributed by atoms with Crippen LogP contribution in [0, 0.1) is 0 Å². The van der Waals surface area contributed by atoms with Gasteiger partial charge < -0.3 is 25.6 Å². The first-order chi connectivity index (χ1) is 14.5. The summed E-state index contributed by atoms with van der Waals surface area (Å²) < 4.78 is 7.22. The van der Waals surface area contributed by atoms with Gasteiger partial charge in [0.15, 0.2) is 6.10 Å². The molecule has 1 amide bonds. The van der Waals surface area contributed by atoms with Crippen LogP contribution in [0.1, 0.15) is 63.0 Å². The molecule has 0 spiro atoms. The number of amides is 1. The monoisotopic (exact) mass is 423 g/mol. The highest BCUT2D eigenvalue weighted by Crippen LogP contribution is 2.31. The average molecular weight is 424 g/mol. The molecule has 1 aromatic rings. The van der Waals surface area contributed by atoms with Crippen LogP contribution in [0.3, 0.4) is 0 Å². The molecule has 1 saturated heterocycles. The number of ether oxygens (including phenoxy) is 1. The van der Waals surface area contributed by atoms with Gasteiger partial charge in [-0.1, -0.05) is 24.5 Å². The highest BCUT2D eigenvalue weighted by molar-refractivity contribution is 5.76. The zero-order valence-electron chi connectivity index (χ0n) is 17.5. The lowest BCUT2D eigenvalue weighted by Crippen LogP contribution is -2.52. The molecular formula is C20H33N5O5. The van der Waals surface area contributed by atoms with Crippen molar-refractivity contribution in [1.82, 2.24) is 25.6 Å². The second-order valence-corrected chi connectivity index (χ2v) is 8.38. The molecule has 168 valence electrons. The SMILES string of the molecule is CNCC(O)CC1OC(C(=O)O)CCC1NC(=O)Cn1cc(C2CCCCC2)nn1. The Hall–Kier alpha value is -2.04. The number of carboxylic acid groups (broad SMARTS) is 1. The van der Waals surface area contributed by atoms with E-state index in [1.54, 1.807) is 11.7 Å². The number of hydrogen-bond acceptors (Lipinski definition) is 7. The molecule has 4 atom stereocenters. The molecule has 4 unspecified atom stereocenters. The first kappa shape index (κ1) is 22.6. The predicted molar refractivity (Wildman–Crippen MR) is 108 cm³/mol. The first-order valence-electron chi connectivity index (χ1n) is 10.9. The van der Waals surface area contributed by atoms with Crippen molar-refractivity contribution in [3.8, 4) is 0 Å². The van der Waals surface area contributed by atoms with Crippen LogP contribution in [0.2, 0.25) is 0 Å². The van der Waals surface area contributed by atoms with Gasteiger partial charge in [0.2, 0.25) is 5.91 Å². The number of carbonyl (C=O) groups excluding carboxylic acids is 1. The molecule has 1 aromatic heterocycles. The Balaban J connectivity index is 1.56. The molecule has 4 N–H and O–H groups in total. The van der Waals surface area contributed by atoms with Gasteiger partial charge in [0.25, 0.3) is 0 Å². The summed E-state index contributed by atoms with van der Waals surface area (Å²) in [6, 6.07) is -0.360. The van der Waals surface area contributed by atoms with Crippen LogP contribution >= 0.6 is 0 Å². The lowest BCUT2D eigenvalue weighted by Gasteiger charge is -2.36. The van der Waals surface area contributed by atoms with Gasteiger partial charge in [-0.05, 0) is 32.7 Å². The molecule has 30 heavy (non-hydrogen) atoms. The Morgan fingerprint density at radius 3 is 2.73 bits per heavy atom. The third-order valence-electron chi connectivity index (χ3n) is 5.98. The second-order valence-electron chi connectivity index (χ2n) is 8.38. The number of nitrogens with one attached hydrogen (secondary N) is 2. The lowest BCUT2D eigenvalue weighted by molar-refractivity contribution is -0.163. The minimum Gasteiger partial charge on any atom is -0.479 e. The van der Waals surface area contributed by atoms with E-state index in [0.717, 1.165) is 18.5 Å². The summed E-state index contributed by atoms with van der Waals surface area (Å²) in [4.78, 5) is 23.9. The summed E-state index contributed by atoms with van der Waals surface area (Å²) >= 11 is 0. The minimum atomic E-state index is -1.02. The van der Waals surface area contributed by atoms with Crippen molar-refractivity contribution < 1.29 is 24.5 Å². The first-order valence-corrected chi connectivity index (χ1v) is 10.9. The van der Waals surface area contributed by atoms with E-state index in [-0.39, 0.29) is 24.9 Å². The second kappa shape index (κ2) is 10.8. The number of aliphatic carboxylic acids is 1. The maximum Gasteiger partial charge on any atom is 0.332 e. The van der Waals surface area contributed by atoms with E-state index in [9.17, 15) is 19.8 Å². The van der Waals surface area contributed by atoms with Gasteiger partial charge in [-0.25, -0.2) is 9.48 Å². The number of aromatic nitrogens is 3. The maximum atomic E-state index is 12.6. The summed E-state index contributed by atoms with van der Waals surface area (Å²) in [5.41, 5.74) is 0.945. The number of aliphatic hydroxyl groups is 1. The van der Waals surface area contributed by atoms with Gasteiger partial charge in [-0.15, -0.1) is 5.10 Å². The Morgan fingerprint density at radius 2 is 2.03 bits per heavy atom. The van der Waals surface area contributed by atoms with Gasteiger partial charge in [0, 0.05) is 25.1 Å². The molecule has 2 heterocycles. The van der Waals surface area contributed by atoms with Crippen molar-refractivity contribution in [3.05, 3.63) is 11.9 Å². The van der Waals surface area contributed by atoms with Crippen LogP contribution in [-0.2, 0) is 20.9 Å². The molecule has 0 radical (unpaired) electrons. The number of hydrogen-bond donors (Lipinski definition) is 4. The molecule has 2 aliphatic rings. The number of carbonyl (C=O) groups is 2. The smallest absolute Gasteiger partial charge is 0.332 e. The fraction of sp³-hybridized carbons (Fsp3) is 0.800. The highest BCUT2D eigenvalue weighted by Gasteiger charge is 2.36. The number of carboxylic acids is 1. The molecule has 2 fully saturated rings. The predicted octanol–water partition coefficient (Wildman–Crippen LogP) is 0.413. The number of aliphatic hydroxyl groups excluding tert-OH is 1. The van der Waals surface area contributed by atoms with E-state index in [1.807, 2.05) is 6.20 Å². The molecule has 3 rings (SSSR count). The molecule has 0 bridgehead atoms. The van der Waals surface area contributed by atoms with E-state index < -0.39 is 24.3 Å². The van der Waals surface area contributed by atoms with Crippen molar-refractivity contribution >= 4 is 11.9 Å². The molecular weight excluding hydrogens is 390 g/mol. The Kier molecular flexibility index (Phi) is 8.17. The van der Waals surface area contributed by atoms with Crippen LogP contribution in [0.15, 0.2) is 6.20 Å². The topological polar surface area (TPSA) is 139 Å². The fourth-order valence-corrected chi connectivity index (χ4v) is 4.42. The number of nitrogens with zero attached hydrogens (tertiary/aromatic N) is 3. The largest absolute Gasteiger partial charge is 0.479 e. The van der Waals surface area contributed by atoms with Crippen molar-refractivity contribution in [3.63, 3.8) is 0 Å². The van der Waals surface area contributed by atoms with Crippen molar-refractivity contribution in [1.29, 1.82) is 0 Å². The molecule has 1 aliphatic heterocycles. The average Bonchev–Trinajstić information content (AvgIpc) is 3.18. The Morgan fingerprint density at radius 1 is 1.27 bits per heavy atom. The van der Waals surface area contributed by atoms with Crippen LogP contribution in [0.25, 0.3) is 0 Å². The summed E-state index contributed by atoms with van der Waals surface area (Å²) in [7, 11) is 1.73. The van der Waals surface area contributed by atoms with Crippen molar-refractivity contribution in [2.24, 2.45) is 0 Å². The fourth-order valence-electron chi connectivity index (χ4n) is 4.42. The van der Waals surface area contributed by atoms with E-state index in [1.165, 1.54) is 19.3 Å². The zero-order chi connectivity index (χ0) is 21.5. The molecule has 0 aromatic carbocycles. The molecule has 1 aliphatic carbocycles. The van der Waals surface area contributed by atoms with Crippen LogP contribution in [-0.4, -0.2) is 75.0 Å². The van der Waals surface area contributed by atoms with E-state index in [2.05, 4.69) is 20.9 Å². The van der Waals surface area contributed by atoms with Gasteiger partial charge >= 0.3 is 5.97 Å². The summed E-state index contributed by atoms with van der Waals surface area (Å²) in [5, 5.41) is 33.5. The standard InChI is InChI=1S/C20H33N5O5/c1-21-10-14(26)9-18-15(7-8-17(30-18)20(28)29)22-19(27)12-25-11-16(23-24-25)13-5-3-2-4-6-13/h11,13-15,17-18,21,26H,2-10,12H2,1H3,(H,22,27)(H,28,29). The van der Waals surface area contributed by atoms with Gasteiger partial charge in [0.05, 0.1) is 23.9 Å². The van der Waals surface area contributed by atoms with E-state index in [4.69, 9.17) is 4.74 Å². The summed E-state index contributed by atoms with van der Waals surface area (Å²) in [5.74, 6) is -0.829. The Bertz CT molecular complexity index is 706. The van der Waals surface area contributed by atoms with Crippen LogP contribution in [0.4, 0.5) is 0 Å². The molecule has 1 saturated carbocycles. The molecule has 10 nitrogen and oxygen atoms in total. The number of likely N-dealkylation sites (N-methyl/N-ethyl adjacent to an activating group) is 1. The van der Waals surface area contributed by atoms with Gasteiger partial charge in [-0.2, -0.15) is 0 Å². The minimum absolute atomic E-state index is 0.0460. The third kappa shape index (κ3) is 6.23. The number of rotatable bonds is 9. The van der Waals surface area contributed by atoms with Gasteiger partial charge in [0.1, 0.15) is 6.54 Å². The van der Waals surface area contributed by atoms with E-state index >= 15 is 0 Å². The summed E-state index contributed by atoms with van der Waals surface area (Å²) in [6.45, 7) is 0.408. The third-order valence-corrected chi connectivity index (χ3v) is 5.98. The Labute approximate surface area is 176 Å². The van der Waals surface area contributed by atoms with Crippen LogP contribution in [0.5, 0.6) is 0 Å². The zero-order valence-corrected chi connectivity index (χ0v) is 17.5.